The molecule has 2 rings (SSSR count). The van der Waals surface area contributed by atoms with Gasteiger partial charge in [0.25, 0.3) is 0 Å². The predicted octanol–water partition coefficient (Wildman–Crippen LogP) is 2.67. The minimum absolute atomic E-state index is 0.219. The minimum atomic E-state index is 0.219. The molecule has 0 aromatic heterocycles. The lowest BCUT2D eigenvalue weighted by molar-refractivity contribution is -0.130. The predicted molar refractivity (Wildman–Crippen MR) is 76.1 cm³/mol. The Balaban J connectivity index is 0.000000191. The number of amides is 2. The summed E-state index contributed by atoms with van der Waals surface area (Å²) in [5.41, 5.74) is 0. The van der Waals surface area contributed by atoms with Crippen LogP contribution in [0.25, 0.3) is 0 Å². The lowest BCUT2D eigenvalue weighted by atomic mass is 10.1. The highest BCUT2D eigenvalue weighted by Gasteiger charge is 2.14. The SMILES string of the molecule is C=CN1CCCCC1=O.C=CN1CCCCCC1=O. The zero-order valence-corrected chi connectivity index (χ0v) is 11.6. The van der Waals surface area contributed by atoms with Crippen LogP contribution in [0.2, 0.25) is 0 Å². The molecule has 4 heteroatoms. The molecule has 2 saturated heterocycles. The Hall–Kier alpha value is -1.58. The van der Waals surface area contributed by atoms with Gasteiger partial charge in [0.1, 0.15) is 0 Å². The minimum Gasteiger partial charge on any atom is -0.320 e. The van der Waals surface area contributed by atoms with Crippen molar-refractivity contribution in [3.8, 4) is 0 Å². The van der Waals surface area contributed by atoms with Crippen LogP contribution in [0.15, 0.2) is 25.6 Å². The molecule has 0 aromatic carbocycles. The smallest absolute Gasteiger partial charge is 0.226 e. The second-order valence-corrected chi connectivity index (χ2v) is 4.81. The van der Waals surface area contributed by atoms with Crippen LogP contribution in [0, 0.1) is 0 Å². The monoisotopic (exact) mass is 264 g/mol. The number of rotatable bonds is 2. The maximum Gasteiger partial charge on any atom is 0.226 e. The maximum absolute atomic E-state index is 11.1. The molecule has 0 saturated carbocycles. The summed E-state index contributed by atoms with van der Waals surface area (Å²) in [7, 11) is 0. The van der Waals surface area contributed by atoms with Crippen LogP contribution >= 0.6 is 0 Å². The molecule has 2 amide bonds. The van der Waals surface area contributed by atoms with Crippen molar-refractivity contribution in [2.45, 2.75) is 44.9 Å². The molecule has 0 N–H and O–H groups in total. The van der Waals surface area contributed by atoms with Crippen molar-refractivity contribution in [2.24, 2.45) is 0 Å². The molecule has 0 spiro atoms. The van der Waals surface area contributed by atoms with Crippen molar-refractivity contribution in [3.05, 3.63) is 25.6 Å². The van der Waals surface area contributed by atoms with Crippen LogP contribution < -0.4 is 0 Å². The van der Waals surface area contributed by atoms with Crippen molar-refractivity contribution in [1.82, 2.24) is 9.80 Å². The molecule has 19 heavy (non-hydrogen) atoms. The summed E-state index contributed by atoms with van der Waals surface area (Å²) in [6.07, 6.45) is 10.2. The van der Waals surface area contributed by atoms with E-state index >= 15 is 0 Å². The lowest BCUT2D eigenvalue weighted by Gasteiger charge is -2.21. The molecule has 0 atom stereocenters. The number of carbonyl (C=O) groups excluding carboxylic acids is 2. The van der Waals surface area contributed by atoms with Gasteiger partial charge in [0, 0.05) is 25.9 Å². The Kier molecular flexibility index (Phi) is 6.93. The first-order chi connectivity index (χ1) is 9.19. The molecule has 0 radical (unpaired) electrons. The average molecular weight is 264 g/mol. The fraction of sp³-hybridized carbons (Fsp3) is 0.600. The zero-order chi connectivity index (χ0) is 14.1. The van der Waals surface area contributed by atoms with Gasteiger partial charge in [0.15, 0.2) is 0 Å². The van der Waals surface area contributed by atoms with E-state index in [0.29, 0.717) is 12.8 Å². The van der Waals surface area contributed by atoms with Crippen molar-refractivity contribution in [3.63, 3.8) is 0 Å². The second-order valence-electron chi connectivity index (χ2n) is 4.81. The molecule has 2 fully saturated rings. The normalized spacial score (nSPS) is 20.2. The summed E-state index contributed by atoms with van der Waals surface area (Å²) < 4.78 is 0. The van der Waals surface area contributed by atoms with Gasteiger partial charge >= 0.3 is 0 Å². The van der Waals surface area contributed by atoms with Crippen LogP contribution in [0.3, 0.4) is 0 Å². The Morgan fingerprint density at radius 2 is 1.16 bits per heavy atom. The van der Waals surface area contributed by atoms with E-state index in [1.807, 2.05) is 0 Å². The third-order valence-electron chi connectivity index (χ3n) is 3.41. The fourth-order valence-electron chi connectivity index (χ4n) is 2.22. The highest BCUT2D eigenvalue weighted by Crippen LogP contribution is 2.10. The summed E-state index contributed by atoms with van der Waals surface area (Å²) in [5.74, 6) is 0.448. The van der Waals surface area contributed by atoms with Gasteiger partial charge < -0.3 is 9.80 Å². The molecule has 0 bridgehead atoms. The first-order valence-corrected chi connectivity index (χ1v) is 7.03. The fourth-order valence-corrected chi connectivity index (χ4v) is 2.22. The number of nitrogens with zero attached hydrogens (tertiary/aromatic N) is 2. The van der Waals surface area contributed by atoms with Gasteiger partial charge in [0.2, 0.25) is 11.8 Å². The van der Waals surface area contributed by atoms with E-state index in [2.05, 4.69) is 13.2 Å². The van der Waals surface area contributed by atoms with Crippen LogP contribution in [0.5, 0.6) is 0 Å². The number of piperidine rings is 1. The van der Waals surface area contributed by atoms with E-state index < -0.39 is 0 Å². The maximum atomic E-state index is 11.1. The van der Waals surface area contributed by atoms with E-state index in [0.717, 1.165) is 38.8 Å². The van der Waals surface area contributed by atoms with Gasteiger partial charge in [0.05, 0.1) is 0 Å². The second kappa shape index (κ2) is 8.51. The van der Waals surface area contributed by atoms with Crippen LogP contribution in [-0.4, -0.2) is 34.7 Å². The third kappa shape index (κ3) is 5.28. The van der Waals surface area contributed by atoms with Gasteiger partial charge in [-0.3, -0.25) is 9.59 Å². The van der Waals surface area contributed by atoms with Gasteiger partial charge in [-0.15, -0.1) is 0 Å². The van der Waals surface area contributed by atoms with Crippen molar-refractivity contribution >= 4 is 11.8 Å². The highest BCUT2D eigenvalue weighted by atomic mass is 16.2. The molecule has 0 unspecified atom stereocenters. The molecule has 0 aliphatic carbocycles. The summed E-state index contributed by atoms with van der Waals surface area (Å²) in [6.45, 7) is 8.85. The van der Waals surface area contributed by atoms with Gasteiger partial charge in [-0.05, 0) is 38.1 Å². The first-order valence-electron chi connectivity index (χ1n) is 7.03. The summed E-state index contributed by atoms with van der Waals surface area (Å²) in [5, 5.41) is 0. The molecular weight excluding hydrogens is 240 g/mol. The van der Waals surface area contributed by atoms with Crippen LogP contribution in [0.4, 0.5) is 0 Å². The standard InChI is InChI=1S/C8H13NO.C7H11NO/c1-2-9-7-5-3-4-6-8(9)10;1-2-8-6-4-3-5-7(8)9/h2H,1,3-7H2;2H,1,3-6H2. The number of hydrogen-bond donors (Lipinski definition) is 0. The quantitative estimate of drug-likeness (QED) is 0.769. The van der Waals surface area contributed by atoms with Crippen LogP contribution in [0.1, 0.15) is 44.9 Å². The van der Waals surface area contributed by atoms with E-state index in [4.69, 9.17) is 0 Å². The summed E-state index contributed by atoms with van der Waals surface area (Å²) >= 11 is 0. The van der Waals surface area contributed by atoms with Gasteiger partial charge in [-0.2, -0.15) is 0 Å². The summed E-state index contributed by atoms with van der Waals surface area (Å²) in [6, 6.07) is 0. The Bertz CT molecular complexity index is 339. The zero-order valence-electron chi connectivity index (χ0n) is 11.6. The molecule has 0 aromatic rings. The molecule has 106 valence electrons. The lowest BCUT2D eigenvalue weighted by Crippen LogP contribution is -2.29. The molecule has 2 aliphatic rings. The van der Waals surface area contributed by atoms with E-state index in [1.165, 1.54) is 6.42 Å². The molecular formula is C15H24N2O2. The van der Waals surface area contributed by atoms with Crippen molar-refractivity contribution in [1.29, 1.82) is 0 Å². The Morgan fingerprint density at radius 1 is 0.737 bits per heavy atom. The van der Waals surface area contributed by atoms with Crippen LogP contribution in [-0.2, 0) is 9.59 Å². The first kappa shape index (κ1) is 15.5. The average Bonchev–Trinajstić information content (AvgIpc) is 2.64. The molecule has 4 nitrogen and oxygen atoms in total. The third-order valence-corrected chi connectivity index (χ3v) is 3.41. The molecule has 2 heterocycles. The Labute approximate surface area is 115 Å². The number of hydrogen-bond acceptors (Lipinski definition) is 2. The summed E-state index contributed by atoms with van der Waals surface area (Å²) in [4.78, 5) is 25.4. The van der Waals surface area contributed by atoms with E-state index in [-0.39, 0.29) is 11.8 Å². The van der Waals surface area contributed by atoms with Gasteiger partial charge in [-0.1, -0.05) is 19.6 Å². The number of likely N-dealkylation sites (tertiary alicyclic amines) is 2. The van der Waals surface area contributed by atoms with E-state index in [1.54, 1.807) is 22.2 Å². The Morgan fingerprint density at radius 3 is 1.63 bits per heavy atom. The van der Waals surface area contributed by atoms with E-state index in [9.17, 15) is 9.59 Å². The highest BCUT2D eigenvalue weighted by molar-refractivity contribution is 5.77. The van der Waals surface area contributed by atoms with Gasteiger partial charge in [-0.25, -0.2) is 0 Å². The molecule has 2 aliphatic heterocycles. The number of carbonyl (C=O) groups is 2. The largest absolute Gasteiger partial charge is 0.320 e. The van der Waals surface area contributed by atoms with Crippen molar-refractivity contribution < 1.29 is 9.59 Å². The topological polar surface area (TPSA) is 40.6 Å². The van der Waals surface area contributed by atoms with Crippen molar-refractivity contribution in [2.75, 3.05) is 13.1 Å².